The minimum Gasteiger partial charge on any atom is -0.310 e. The van der Waals surface area contributed by atoms with E-state index < -0.39 is 0 Å². The summed E-state index contributed by atoms with van der Waals surface area (Å²) in [4.78, 5) is 0. The molecule has 1 aromatic carbocycles. The van der Waals surface area contributed by atoms with Gasteiger partial charge in [-0.3, -0.25) is 0 Å². The summed E-state index contributed by atoms with van der Waals surface area (Å²) < 4.78 is 0. The van der Waals surface area contributed by atoms with E-state index in [1.165, 1.54) is 25.7 Å². The molecule has 1 nitrogen and oxygen atoms in total. The van der Waals surface area contributed by atoms with Crippen molar-refractivity contribution in [1.29, 1.82) is 0 Å². The predicted octanol–water partition coefficient (Wildman–Crippen LogP) is 5.29. The molecule has 0 heterocycles. The molecule has 1 fully saturated rings. The Morgan fingerprint density at radius 1 is 1.15 bits per heavy atom. The second kappa shape index (κ2) is 7.26. The topological polar surface area (TPSA) is 12.0 Å². The molecular formula is C19H31N. The van der Waals surface area contributed by atoms with Crippen LogP contribution in [0.5, 0.6) is 0 Å². The van der Waals surface area contributed by atoms with Crippen LogP contribution in [0.1, 0.15) is 76.5 Å². The highest BCUT2D eigenvalue weighted by Gasteiger charge is 2.28. The van der Waals surface area contributed by atoms with Crippen LogP contribution in [0.3, 0.4) is 0 Å². The molecule has 0 aromatic heterocycles. The van der Waals surface area contributed by atoms with Gasteiger partial charge in [0.05, 0.1) is 0 Å². The van der Waals surface area contributed by atoms with E-state index in [1.54, 1.807) is 11.1 Å². The fraction of sp³-hybridized carbons (Fsp3) is 0.684. The van der Waals surface area contributed by atoms with Crippen molar-refractivity contribution in [2.45, 2.75) is 65.3 Å². The van der Waals surface area contributed by atoms with Crippen LogP contribution in [-0.4, -0.2) is 6.54 Å². The number of hydrogen-bond donors (Lipinski definition) is 1. The summed E-state index contributed by atoms with van der Waals surface area (Å²) in [6.45, 7) is 10.5. The molecule has 0 bridgehead atoms. The second-order valence-corrected chi connectivity index (χ2v) is 6.79. The van der Waals surface area contributed by atoms with Crippen LogP contribution < -0.4 is 5.32 Å². The first-order valence-corrected chi connectivity index (χ1v) is 8.47. The average molecular weight is 273 g/mol. The third kappa shape index (κ3) is 3.44. The maximum atomic E-state index is 3.81. The summed E-state index contributed by atoms with van der Waals surface area (Å²) in [5.41, 5.74) is 3.17. The lowest BCUT2D eigenvalue weighted by molar-refractivity contribution is 0.298. The predicted molar refractivity (Wildman–Crippen MR) is 88.1 cm³/mol. The Labute approximate surface area is 125 Å². The molecule has 1 saturated carbocycles. The summed E-state index contributed by atoms with van der Waals surface area (Å²) >= 11 is 0. The van der Waals surface area contributed by atoms with Gasteiger partial charge in [0, 0.05) is 6.04 Å². The Morgan fingerprint density at radius 2 is 1.85 bits per heavy atom. The first kappa shape index (κ1) is 15.6. The van der Waals surface area contributed by atoms with Crippen molar-refractivity contribution in [2.24, 2.45) is 11.8 Å². The Morgan fingerprint density at radius 3 is 2.40 bits per heavy atom. The van der Waals surface area contributed by atoms with Gasteiger partial charge in [-0.05, 0) is 54.7 Å². The van der Waals surface area contributed by atoms with Crippen LogP contribution in [0.4, 0.5) is 0 Å². The molecule has 20 heavy (non-hydrogen) atoms. The number of nitrogens with one attached hydrogen (secondary N) is 1. The maximum absolute atomic E-state index is 3.81. The van der Waals surface area contributed by atoms with E-state index in [4.69, 9.17) is 0 Å². The van der Waals surface area contributed by atoms with Gasteiger partial charge in [0.1, 0.15) is 0 Å². The van der Waals surface area contributed by atoms with Crippen molar-refractivity contribution < 1.29 is 0 Å². The van der Waals surface area contributed by atoms with Crippen molar-refractivity contribution in [3.8, 4) is 0 Å². The van der Waals surface area contributed by atoms with Crippen LogP contribution in [0, 0.1) is 11.8 Å². The standard InChI is InChI=1S/C19H31N/c1-5-13-20-19(15(4)14(2)3)18-12-7-6-11-17(18)16-9-8-10-16/h6-7,11-12,14-16,19-20H,5,8-10,13H2,1-4H3. The maximum Gasteiger partial charge on any atom is 0.0351 e. The summed E-state index contributed by atoms with van der Waals surface area (Å²) in [7, 11) is 0. The average Bonchev–Trinajstić information content (AvgIpc) is 2.38. The zero-order valence-corrected chi connectivity index (χ0v) is 13.7. The molecule has 2 unspecified atom stereocenters. The van der Waals surface area contributed by atoms with Crippen molar-refractivity contribution in [1.82, 2.24) is 5.32 Å². The molecule has 1 aromatic rings. The van der Waals surface area contributed by atoms with Gasteiger partial charge in [-0.15, -0.1) is 0 Å². The molecule has 112 valence electrons. The molecule has 0 spiro atoms. The molecule has 1 aliphatic carbocycles. The summed E-state index contributed by atoms with van der Waals surface area (Å²) in [6.07, 6.45) is 5.37. The Kier molecular flexibility index (Phi) is 5.65. The van der Waals surface area contributed by atoms with Gasteiger partial charge in [0.15, 0.2) is 0 Å². The lowest BCUT2D eigenvalue weighted by Crippen LogP contribution is -2.31. The van der Waals surface area contributed by atoms with Gasteiger partial charge in [-0.2, -0.15) is 0 Å². The molecule has 2 rings (SSSR count). The lowest BCUT2D eigenvalue weighted by atomic mass is 9.75. The van der Waals surface area contributed by atoms with E-state index in [2.05, 4.69) is 57.3 Å². The highest BCUT2D eigenvalue weighted by molar-refractivity contribution is 5.34. The number of benzene rings is 1. The van der Waals surface area contributed by atoms with Crippen LogP contribution in [-0.2, 0) is 0 Å². The smallest absolute Gasteiger partial charge is 0.0351 e. The van der Waals surface area contributed by atoms with E-state index >= 15 is 0 Å². The number of rotatable bonds is 7. The van der Waals surface area contributed by atoms with E-state index in [0.717, 1.165) is 12.5 Å². The van der Waals surface area contributed by atoms with E-state index in [-0.39, 0.29) is 0 Å². The zero-order chi connectivity index (χ0) is 14.5. The van der Waals surface area contributed by atoms with Gasteiger partial charge in [0.25, 0.3) is 0 Å². The van der Waals surface area contributed by atoms with Gasteiger partial charge in [-0.25, -0.2) is 0 Å². The van der Waals surface area contributed by atoms with Crippen molar-refractivity contribution in [3.05, 3.63) is 35.4 Å². The van der Waals surface area contributed by atoms with Gasteiger partial charge in [-0.1, -0.05) is 58.4 Å². The van der Waals surface area contributed by atoms with Crippen LogP contribution in [0.25, 0.3) is 0 Å². The third-order valence-corrected chi connectivity index (χ3v) is 5.07. The van der Waals surface area contributed by atoms with Gasteiger partial charge < -0.3 is 5.32 Å². The molecule has 1 heteroatoms. The van der Waals surface area contributed by atoms with Gasteiger partial charge in [0.2, 0.25) is 0 Å². The summed E-state index contributed by atoms with van der Waals surface area (Å²) in [5.74, 6) is 2.19. The monoisotopic (exact) mass is 273 g/mol. The minimum absolute atomic E-state index is 0.506. The van der Waals surface area contributed by atoms with E-state index in [9.17, 15) is 0 Å². The lowest BCUT2D eigenvalue weighted by Gasteiger charge is -2.34. The molecule has 0 saturated heterocycles. The van der Waals surface area contributed by atoms with Crippen LogP contribution in [0.15, 0.2) is 24.3 Å². The molecular weight excluding hydrogens is 242 g/mol. The Bertz CT molecular complexity index is 406. The minimum atomic E-state index is 0.506. The summed E-state index contributed by atoms with van der Waals surface area (Å²) in [5, 5.41) is 3.81. The third-order valence-electron chi connectivity index (χ3n) is 5.07. The number of hydrogen-bond acceptors (Lipinski definition) is 1. The first-order valence-electron chi connectivity index (χ1n) is 8.47. The quantitative estimate of drug-likeness (QED) is 0.712. The molecule has 2 atom stereocenters. The molecule has 0 radical (unpaired) electrons. The van der Waals surface area contributed by atoms with E-state index in [0.29, 0.717) is 17.9 Å². The largest absolute Gasteiger partial charge is 0.310 e. The molecule has 1 aliphatic rings. The van der Waals surface area contributed by atoms with Crippen molar-refractivity contribution >= 4 is 0 Å². The summed E-state index contributed by atoms with van der Waals surface area (Å²) in [6, 6.07) is 9.66. The van der Waals surface area contributed by atoms with Crippen molar-refractivity contribution in [3.63, 3.8) is 0 Å². The normalized spacial score (nSPS) is 18.9. The SMILES string of the molecule is CCCNC(c1ccccc1C1CCC1)C(C)C(C)C. The first-order chi connectivity index (χ1) is 9.65. The van der Waals surface area contributed by atoms with Crippen LogP contribution >= 0.6 is 0 Å². The molecule has 0 amide bonds. The van der Waals surface area contributed by atoms with Crippen LogP contribution in [0.2, 0.25) is 0 Å². The Balaban J connectivity index is 2.27. The molecule has 0 aliphatic heterocycles. The van der Waals surface area contributed by atoms with E-state index in [1.807, 2.05) is 0 Å². The highest BCUT2D eigenvalue weighted by atomic mass is 14.9. The zero-order valence-electron chi connectivity index (χ0n) is 13.7. The second-order valence-electron chi connectivity index (χ2n) is 6.79. The molecule has 1 N–H and O–H groups in total. The highest BCUT2D eigenvalue weighted by Crippen LogP contribution is 2.41. The fourth-order valence-electron chi connectivity index (χ4n) is 3.15. The van der Waals surface area contributed by atoms with Gasteiger partial charge >= 0.3 is 0 Å². The van der Waals surface area contributed by atoms with Crippen molar-refractivity contribution in [2.75, 3.05) is 6.54 Å². The fourth-order valence-corrected chi connectivity index (χ4v) is 3.15. The Hall–Kier alpha value is -0.820.